The van der Waals surface area contributed by atoms with Crippen molar-refractivity contribution < 1.29 is 0 Å². The molecule has 0 bridgehead atoms. The normalized spacial score (nSPS) is 12.2. The van der Waals surface area contributed by atoms with Crippen LogP contribution >= 0.6 is 0 Å². The fourth-order valence-corrected chi connectivity index (χ4v) is 10.7. The van der Waals surface area contributed by atoms with Crippen molar-refractivity contribution in [2.45, 2.75) is 388 Å². The standard InChI is InChI=1S/2C9H11N.C8H15N.C8H9N.C8H15N.C8H9N.C8H17N.5C6H13N.4C5H11N.2C4H9N.2C3H7N/c1-8-3-5-9(6-4-8)7-10-2;1-3-10-9-6-4-8(2)5-7-9;2*1-9-7-8-5-3-2-4-6-8;2*1-2-9-8-6-4-3-5-7-8;1-6(2)8(9-5)7(3)4;1-6(2,3)5-7-4;1-5-7-6(2,3)4;1-4-6(5-2)7-3;1-3-4-5-6-7-2;1-3-5-6-7-4-2;1-5(2)4-6-3;1-4-6-5(2)3;1-3-4-5-6-2;1-3-5-6-4-2;1-3-4-5-2;1-3-5-4-2;2*1-3-4-2/h2*3-7H,1-2H3;7-8H,2-6H2,1H3;2-7H,1H3;2,8H,3-7H2,1H3;2-7H,1H3;6-7H,1-5H3;2*5H,1-4H3;4-5H2,1-3H3;6H,3-5H2,1-2H3;4H,3,5-6H2,1-2H3;2*4-5H,1-3H3;5H,3-4H2,1-2H3;4H,3,5H2,1-2H3;4H,3H2,1-2H3;3H,4H2,1-2H3;2*3H,1-2H3. The van der Waals surface area contributed by atoms with E-state index in [9.17, 15) is 0 Å². The van der Waals surface area contributed by atoms with Crippen LogP contribution < -0.4 is 0 Å². The summed E-state index contributed by atoms with van der Waals surface area (Å²) in [5, 5.41) is 0. The van der Waals surface area contributed by atoms with E-state index in [1.165, 1.54) is 119 Å². The van der Waals surface area contributed by atoms with Crippen LogP contribution in [-0.2, 0) is 0 Å². The zero-order valence-electron chi connectivity index (χ0n) is 101. The molecular weight excluding hydrogens is 1750 g/mol. The Morgan fingerprint density at radius 3 is 1.03 bits per heavy atom. The molecule has 142 heavy (non-hydrogen) atoms. The van der Waals surface area contributed by atoms with Crippen LogP contribution in [-0.4, -0.2) is 245 Å². The highest BCUT2D eigenvalue weighted by Crippen LogP contribution is 2.22. The van der Waals surface area contributed by atoms with Gasteiger partial charge in [0.05, 0.1) is 16.9 Å². The quantitative estimate of drug-likeness (QED) is 0.0469. The van der Waals surface area contributed by atoms with Crippen molar-refractivity contribution in [3.8, 4) is 0 Å². The Bertz CT molecular complexity index is 3410. The van der Waals surface area contributed by atoms with Crippen LogP contribution in [0.25, 0.3) is 0 Å². The molecule has 20 nitrogen and oxygen atoms in total. The van der Waals surface area contributed by atoms with Gasteiger partial charge in [0.25, 0.3) is 0 Å². The Morgan fingerprint density at radius 1 is 0.373 bits per heavy atom. The van der Waals surface area contributed by atoms with Gasteiger partial charge in [0.1, 0.15) is 0 Å². The Balaban J connectivity index is -0.000000102. The molecule has 2 saturated carbocycles. The second kappa shape index (κ2) is 144. The molecule has 4 aromatic carbocycles. The number of para-hydroxylation sites is 1. The third kappa shape index (κ3) is 179. The summed E-state index contributed by atoms with van der Waals surface area (Å²) in [7, 11) is 21.6. The van der Waals surface area contributed by atoms with Crippen LogP contribution in [0.3, 0.4) is 0 Å². The zero-order valence-corrected chi connectivity index (χ0v) is 101. The number of benzene rings is 4. The molecule has 0 heterocycles. The SMILES string of the molecule is CC=NC.CC=NC.CC=NC(C)(C)C.CC=NC(C)C.CC=NC1CCCCC1.CC=NCC.CC=NCCC.CC=NCCCC.CC=Nc1ccc(C)cc1.CC=Nc1ccccc1.CCC(CC)=NC.CCC=NC.CCCC=NC.CCCCC=NC.CN=C(C(C)C)C(C)C.CN=CC(C)(C)C.CN=CC(C)C.CN=CC1CCCCC1.CN=Cc1ccc(C)cc1.CN=Cc1ccccc1. The van der Waals surface area contributed by atoms with Crippen LogP contribution in [0.4, 0.5) is 11.4 Å². The fraction of sp³-hybridized carbons (Fsp3) is 0.639. The van der Waals surface area contributed by atoms with Gasteiger partial charge >= 0.3 is 0 Å². The minimum Gasteiger partial charge on any atom is -0.301 e. The Kier molecular flexibility index (Phi) is 166. The molecular formula is C122H228N20. The van der Waals surface area contributed by atoms with Gasteiger partial charge in [-0.15, -0.1) is 0 Å². The molecule has 816 valence electrons. The highest BCUT2D eigenvalue weighted by Gasteiger charge is 2.11. The second-order valence-corrected chi connectivity index (χ2v) is 34.6. The number of aryl methyl sites for hydroxylation is 2. The van der Waals surface area contributed by atoms with Gasteiger partial charge in [0.2, 0.25) is 0 Å². The van der Waals surface area contributed by atoms with E-state index in [1.807, 2.05) is 252 Å². The van der Waals surface area contributed by atoms with E-state index < -0.39 is 0 Å². The van der Waals surface area contributed by atoms with Crippen LogP contribution in [0.2, 0.25) is 0 Å². The van der Waals surface area contributed by atoms with E-state index in [4.69, 9.17) is 0 Å². The summed E-state index contributed by atoms with van der Waals surface area (Å²) < 4.78 is 0. The first kappa shape index (κ1) is 163. The van der Waals surface area contributed by atoms with Gasteiger partial charge in [0, 0.05) is 171 Å². The number of aliphatic imine (C=N–C) groups is 20. The molecule has 2 fully saturated rings. The Morgan fingerprint density at radius 2 is 0.796 bits per heavy atom. The van der Waals surface area contributed by atoms with Crippen LogP contribution in [0.15, 0.2) is 209 Å². The topological polar surface area (TPSA) is 247 Å². The third-order valence-electron chi connectivity index (χ3n) is 17.3. The third-order valence-corrected chi connectivity index (χ3v) is 17.3. The van der Waals surface area contributed by atoms with E-state index in [0.29, 0.717) is 29.8 Å². The molecule has 0 radical (unpaired) electrons. The average Bonchev–Trinajstić information content (AvgIpc) is 0.930. The van der Waals surface area contributed by atoms with Gasteiger partial charge in [-0.1, -0.05) is 265 Å². The molecule has 0 spiro atoms. The number of hydrogen-bond acceptors (Lipinski definition) is 20. The Labute approximate surface area is 881 Å². The molecule has 0 saturated heterocycles. The highest BCUT2D eigenvalue weighted by atomic mass is 14.8. The molecule has 2 aliphatic carbocycles. The predicted octanol–water partition coefficient (Wildman–Crippen LogP) is 34.6. The highest BCUT2D eigenvalue weighted by molar-refractivity contribution is 5.87. The summed E-state index contributed by atoms with van der Waals surface area (Å²) in [6.45, 7) is 72.9. The monoisotopic (exact) mass is 1970 g/mol. The van der Waals surface area contributed by atoms with E-state index >= 15 is 0 Å². The molecule has 0 amide bonds. The molecule has 0 unspecified atom stereocenters. The number of nitrogens with zero attached hydrogens (tertiary/aromatic N) is 20. The lowest BCUT2D eigenvalue weighted by molar-refractivity contribution is 0.444. The van der Waals surface area contributed by atoms with Crippen molar-refractivity contribution in [2.24, 2.45) is 129 Å². The van der Waals surface area contributed by atoms with Crippen LogP contribution in [0.5, 0.6) is 0 Å². The first-order valence-electron chi connectivity index (χ1n) is 52.8. The maximum Gasteiger partial charge on any atom is 0.0625 e. The molecule has 4 aromatic rings. The van der Waals surface area contributed by atoms with Crippen molar-refractivity contribution in [2.75, 3.05) is 104 Å². The maximum atomic E-state index is 4.36. The fourth-order valence-electron chi connectivity index (χ4n) is 10.7. The lowest BCUT2D eigenvalue weighted by Gasteiger charge is -2.16. The summed E-state index contributed by atoms with van der Waals surface area (Å²) in [6, 6.07) is 37.5. The maximum absolute atomic E-state index is 4.36. The molecule has 0 aliphatic heterocycles. The van der Waals surface area contributed by atoms with Crippen molar-refractivity contribution in [1.82, 2.24) is 0 Å². The number of hydrogen-bond donors (Lipinski definition) is 0. The van der Waals surface area contributed by atoms with Crippen molar-refractivity contribution in [3.05, 3.63) is 131 Å². The number of rotatable bonds is 24. The molecule has 0 aromatic heterocycles. The smallest absolute Gasteiger partial charge is 0.0625 e. The van der Waals surface area contributed by atoms with Crippen molar-refractivity contribution in [3.63, 3.8) is 0 Å². The van der Waals surface area contributed by atoms with Gasteiger partial charge < -0.3 is 39.9 Å². The minimum absolute atomic E-state index is 0.120. The van der Waals surface area contributed by atoms with E-state index in [0.717, 1.165) is 86.6 Å². The van der Waals surface area contributed by atoms with Gasteiger partial charge in [-0.05, 0) is 335 Å². The van der Waals surface area contributed by atoms with Gasteiger partial charge in [-0.3, -0.25) is 59.9 Å². The predicted molar refractivity (Wildman–Crippen MR) is 671 cm³/mol. The van der Waals surface area contributed by atoms with Crippen LogP contribution in [0.1, 0.15) is 379 Å². The van der Waals surface area contributed by atoms with Gasteiger partial charge in [-0.25, -0.2) is 0 Å². The van der Waals surface area contributed by atoms with Gasteiger partial charge in [-0.2, -0.15) is 0 Å². The summed E-state index contributed by atoms with van der Waals surface area (Å²) >= 11 is 0. The second-order valence-electron chi connectivity index (χ2n) is 34.6. The van der Waals surface area contributed by atoms with E-state index in [-0.39, 0.29) is 11.0 Å². The first-order chi connectivity index (χ1) is 67.8. The molecule has 20 heteroatoms. The van der Waals surface area contributed by atoms with Crippen molar-refractivity contribution >= 4 is 135 Å². The van der Waals surface area contributed by atoms with E-state index in [1.54, 1.807) is 87.5 Å². The molecule has 2 aliphatic rings. The Hall–Kier alpha value is -9.72. The summed E-state index contributed by atoms with van der Waals surface area (Å²) in [6.07, 6.45) is 60.4. The molecule has 6 rings (SSSR count). The van der Waals surface area contributed by atoms with Crippen molar-refractivity contribution in [1.29, 1.82) is 0 Å². The first-order valence-corrected chi connectivity index (χ1v) is 52.8. The summed E-state index contributed by atoms with van der Waals surface area (Å²) in [4.78, 5) is 78.9. The lowest BCUT2D eigenvalue weighted by atomic mass is 9.90. The molecule has 0 atom stereocenters. The number of unbranched alkanes of at least 4 members (excludes halogenated alkanes) is 4. The molecule has 0 N–H and O–H groups in total. The van der Waals surface area contributed by atoms with Crippen LogP contribution in [0, 0.1) is 42.9 Å². The van der Waals surface area contributed by atoms with Gasteiger partial charge in [0.15, 0.2) is 0 Å². The summed E-state index contributed by atoms with van der Waals surface area (Å²) in [5.41, 5.74) is 9.91. The average molecular weight is 1980 g/mol. The largest absolute Gasteiger partial charge is 0.301 e. The zero-order chi connectivity index (χ0) is 112. The minimum atomic E-state index is 0.120. The summed E-state index contributed by atoms with van der Waals surface area (Å²) in [5.74, 6) is 2.63. The van der Waals surface area contributed by atoms with E-state index in [2.05, 4.69) is 302 Å². The lowest BCUT2D eigenvalue weighted by Crippen LogP contribution is -2.14.